The molecule has 0 fully saturated rings. The molecule has 7 heteroatoms. The van der Waals surface area contributed by atoms with Gasteiger partial charge in [0, 0.05) is 24.8 Å². The van der Waals surface area contributed by atoms with Crippen molar-refractivity contribution in [2.24, 2.45) is 0 Å². The van der Waals surface area contributed by atoms with Crippen molar-refractivity contribution in [2.45, 2.75) is 31.6 Å². The normalized spacial score (nSPS) is 18.3. The van der Waals surface area contributed by atoms with Gasteiger partial charge in [-0.25, -0.2) is 14.5 Å². The van der Waals surface area contributed by atoms with Crippen LogP contribution in [0.1, 0.15) is 47.9 Å². The summed E-state index contributed by atoms with van der Waals surface area (Å²) in [7, 11) is 0. The van der Waals surface area contributed by atoms with E-state index in [1.807, 2.05) is 42.5 Å². The van der Waals surface area contributed by atoms with E-state index in [1.165, 1.54) is 0 Å². The smallest absolute Gasteiger partial charge is 0.228 e. The molecule has 2 aliphatic rings. The van der Waals surface area contributed by atoms with Gasteiger partial charge >= 0.3 is 0 Å². The first-order valence-electron chi connectivity index (χ1n) is 10.0. The molecule has 0 amide bonds. The third kappa shape index (κ3) is 2.66. The van der Waals surface area contributed by atoms with Gasteiger partial charge in [-0.3, -0.25) is 4.79 Å². The van der Waals surface area contributed by atoms with E-state index in [2.05, 4.69) is 10.1 Å². The average Bonchev–Trinajstić information content (AvgIpc) is 3.43. The number of rotatable bonds is 3. The van der Waals surface area contributed by atoms with Crippen LogP contribution in [0, 0.1) is 0 Å². The average molecular weight is 398 g/mol. The molecule has 1 aliphatic heterocycles. The minimum Gasteiger partial charge on any atom is -0.468 e. The molecule has 0 spiro atoms. The minimum atomic E-state index is -0.392. The maximum absolute atomic E-state index is 12.9. The third-order valence-electron chi connectivity index (χ3n) is 5.67. The number of furan rings is 1. The van der Waals surface area contributed by atoms with Crippen molar-refractivity contribution in [3.8, 4) is 5.88 Å². The number of carbonyl (C=O) groups excluding carboxylic acids is 1. The Kier molecular flexibility index (Phi) is 3.80. The summed E-state index contributed by atoms with van der Waals surface area (Å²) in [6, 6.07) is 13.8. The number of ketones is 1. The van der Waals surface area contributed by atoms with Gasteiger partial charge in [0.15, 0.2) is 17.3 Å². The van der Waals surface area contributed by atoms with Gasteiger partial charge in [-0.05, 0) is 24.1 Å². The van der Waals surface area contributed by atoms with Crippen molar-refractivity contribution in [1.82, 2.24) is 19.6 Å². The summed E-state index contributed by atoms with van der Waals surface area (Å²) in [5, 5.41) is 4.61. The predicted octanol–water partition coefficient (Wildman–Crippen LogP) is 3.84. The Morgan fingerprint density at radius 2 is 2.00 bits per heavy atom. The largest absolute Gasteiger partial charge is 0.468 e. The molecule has 0 saturated heterocycles. The van der Waals surface area contributed by atoms with Crippen molar-refractivity contribution < 1.29 is 13.9 Å². The quantitative estimate of drug-likeness (QED) is 0.521. The molecule has 1 unspecified atom stereocenters. The number of hydrogen-bond acceptors (Lipinski definition) is 6. The van der Waals surface area contributed by atoms with Crippen molar-refractivity contribution in [3.05, 3.63) is 89.1 Å². The van der Waals surface area contributed by atoms with E-state index in [9.17, 15) is 4.79 Å². The van der Waals surface area contributed by atoms with Crippen LogP contribution in [0.5, 0.6) is 5.88 Å². The third-order valence-corrected chi connectivity index (χ3v) is 5.67. The first-order valence-corrected chi connectivity index (χ1v) is 10.0. The van der Waals surface area contributed by atoms with E-state index in [4.69, 9.17) is 14.1 Å². The van der Waals surface area contributed by atoms with E-state index in [-0.39, 0.29) is 5.78 Å². The first kappa shape index (κ1) is 17.1. The van der Waals surface area contributed by atoms with Crippen molar-refractivity contribution in [2.75, 3.05) is 0 Å². The second-order valence-corrected chi connectivity index (χ2v) is 7.59. The molecule has 3 aromatic heterocycles. The summed E-state index contributed by atoms with van der Waals surface area (Å²) in [5.74, 6) is 2.23. The number of aromatic nitrogens is 4. The van der Waals surface area contributed by atoms with E-state index >= 15 is 0 Å². The highest BCUT2D eigenvalue weighted by atomic mass is 16.5. The zero-order valence-corrected chi connectivity index (χ0v) is 16.1. The molecule has 4 heterocycles. The number of ether oxygens (including phenoxy) is 1. The highest BCUT2D eigenvalue weighted by Crippen LogP contribution is 2.47. The molecule has 0 N–H and O–H groups in total. The lowest BCUT2D eigenvalue weighted by Gasteiger charge is -2.30. The maximum Gasteiger partial charge on any atom is 0.228 e. The standard InChI is InChI=1S/C23H18N4O3/c28-15-8-4-9-17-19(15)20(16-10-5-11-29-16)21-22-25-18(12-14-6-2-1-3-7-14)26-27(22)13-24-23(21)30-17/h1-3,5-7,10-11,13,20H,4,8-9,12H2. The topological polar surface area (TPSA) is 82.5 Å². The number of carbonyl (C=O) groups is 1. The molecule has 0 radical (unpaired) electrons. The Hall–Kier alpha value is -3.74. The summed E-state index contributed by atoms with van der Waals surface area (Å²) >= 11 is 0. The molecule has 6 rings (SSSR count). The molecule has 4 aromatic rings. The monoisotopic (exact) mass is 398 g/mol. The molecule has 0 bridgehead atoms. The molecule has 1 atom stereocenters. The Labute approximate surface area is 172 Å². The second kappa shape index (κ2) is 6.66. The van der Waals surface area contributed by atoms with Crippen molar-refractivity contribution in [3.63, 3.8) is 0 Å². The zero-order chi connectivity index (χ0) is 20.1. The van der Waals surface area contributed by atoms with Gasteiger partial charge < -0.3 is 9.15 Å². The van der Waals surface area contributed by atoms with Crippen molar-refractivity contribution in [1.29, 1.82) is 0 Å². The van der Waals surface area contributed by atoms with E-state index < -0.39 is 5.92 Å². The molecule has 30 heavy (non-hydrogen) atoms. The highest BCUT2D eigenvalue weighted by molar-refractivity contribution is 5.99. The highest BCUT2D eigenvalue weighted by Gasteiger charge is 2.40. The van der Waals surface area contributed by atoms with Gasteiger partial charge in [0.05, 0.1) is 17.7 Å². The zero-order valence-electron chi connectivity index (χ0n) is 16.1. The fourth-order valence-corrected chi connectivity index (χ4v) is 4.35. The van der Waals surface area contributed by atoms with Crippen LogP contribution in [0.15, 0.2) is 70.8 Å². The SMILES string of the molecule is O=C1CCCC2=C1C(c1ccco1)c1c(ncn3nc(Cc4ccccc4)nc13)O2. The number of benzene rings is 1. The van der Waals surface area contributed by atoms with Crippen LogP contribution in [0.4, 0.5) is 0 Å². The molecule has 7 nitrogen and oxygen atoms in total. The molecule has 148 valence electrons. The van der Waals surface area contributed by atoms with Crippen LogP contribution in [-0.2, 0) is 11.2 Å². The predicted molar refractivity (Wildman–Crippen MR) is 107 cm³/mol. The Morgan fingerprint density at radius 1 is 1.10 bits per heavy atom. The lowest BCUT2D eigenvalue weighted by molar-refractivity contribution is -0.116. The van der Waals surface area contributed by atoms with Gasteiger partial charge in [-0.2, -0.15) is 0 Å². The van der Waals surface area contributed by atoms with Crippen LogP contribution in [0.3, 0.4) is 0 Å². The van der Waals surface area contributed by atoms with Crippen LogP contribution in [-0.4, -0.2) is 25.4 Å². The van der Waals surface area contributed by atoms with Crippen LogP contribution < -0.4 is 4.74 Å². The summed E-state index contributed by atoms with van der Waals surface area (Å²) < 4.78 is 13.5. The van der Waals surface area contributed by atoms with Gasteiger partial charge in [0.25, 0.3) is 0 Å². The van der Waals surface area contributed by atoms with Crippen LogP contribution in [0.2, 0.25) is 0 Å². The fraction of sp³-hybridized carbons (Fsp3) is 0.217. The molecule has 0 saturated carbocycles. The van der Waals surface area contributed by atoms with Crippen molar-refractivity contribution >= 4 is 11.4 Å². The summed E-state index contributed by atoms with van der Waals surface area (Å²) in [5.41, 5.74) is 3.15. The van der Waals surface area contributed by atoms with E-state index in [0.29, 0.717) is 47.3 Å². The van der Waals surface area contributed by atoms with Gasteiger partial charge in [-0.15, -0.1) is 5.10 Å². The molecular formula is C23H18N4O3. The van der Waals surface area contributed by atoms with Gasteiger partial charge in [0.2, 0.25) is 5.88 Å². The Bertz CT molecular complexity index is 1290. The summed E-state index contributed by atoms with van der Waals surface area (Å²) in [6.45, 7) is 0. The number of nitrogens with zero attached hydrogens (tertiary/aromatic N) is 4. The van der Waals surface area contributed by atoms with E-state index in [1.54, 1.807) is 17.1 Å². The second-order valence-electron chi connectivity index (χ2n) is 7.59. The number of fused-ring (bicyclic) bond motifs is 3. The fourth-order valence-electron chi connectivity index (χ4n) is 4.35. The summed E-state index contributed by atoms with van der Waals surface area (Å²) in [4.78, 5) is 22.2. The molecular weight excluding hydrogens is 380 g/mol. The Morgan fingerprint density at radius 3 is 2.83 bits per heavy atom. The molecule has 1 aromatic carbocycles. The number of hydrogen-bond donors (Lipinski definition) is 0. The minimum absolute atomic E-state index is 0.0920. The number of allylic oxidation sites excluding steroid dienone is 2. The lowest BCUT2D eigenvalue weighted by atomic mass is 9.80. The Balaban J connectivity index is 1.53. The number of Topliss-reactive ketones (excluding diaryl/α,β-unsaturated/α-hetero) is 1. The van der Waals surface area contributed by atoms with Crippen LogP contribution >= 0.6 is 0 Å². The lowest BCUT2D eigenvalue weighted by Crippen LogP contribution is -2.26. The summed E-state index contributed by atoms with van der Waals surface area (Å²) in [6.07, 6.45) is 5.86. The maximum atomic E-state index is 12.9. The van der Waals surface area contributed by atoms with E-state index in [0.717, 1.165) is 24.0 Å². The van der Waals surface area contributed by atoms with Gasteiger partial charge in [-0.1, -0.05) is 30.3 Å². The first-order chi connectivity index (χ1) is 14.8. The van der Waals surface area contributed by atoms with Gasteiger partial charge in [0.1, 0.15) is 17.8 Å². The molecule has 1 aliphatic carbocycles. The van der Waals surface area contributed by atoms with Crippen LogP contribution in [0.25, 0.3) is 5.65 Å².